The maximum absolute atomic E-state index is 12.3. The molecule has 2 aromatic carbocycles. The van der Waals surface area contributed by atoms with Crippen molar-refractivity contribution in [2.75, 3.05) is 6.61 Å². The molecular weight excluding hydrogens is 408 g/mol. The maximum atomic E-state index is 12.3. The van der Waals surface area contributed by atoms with E-state index in [-0.39, 0.29) is 23.1 Å². The lowest BCUT2D eigenvalue weighted by Crippen LogP contribution is -2.32. The van der Waals surface area contributed by atoms with Crippen LogP contribution in [0.5, 0.6) is 0 Å². The Kier molecular flexibility index (Phi) is 6.73. The summed E-state index contributed by atoms with van der Waals surface area (Å²) in [5.74, 6) is -1.01. The number of benzene rings is 2. The van der Waals surface area contributed by atoms with E-state index in [2.05, 4.69) is 4.72 Å². The number of rotatable bonds is 9. The van der Waals surface area contributed by atoms with Crippen molar-refractivity contribution in [3.8, 4) is 0 Å². The molecule has 0 amide bonds. The second-order valence-electron chi connectivity index (χ2n) is 6.93. The van der Waals surface area contributed by atoms with Crippen molar-refractivity contribution in [1.29, 1.82) is 0 Å². The van der Waals surface area contributed by atoms with Crippen molar-refractivity contribution in [3.05, 3.63) is 64.6 Å². The fraction of sp³-hybridized carbons (Fsp3) is 0.333. The number of oxazole rings is 1. The van der Waals surface area contributed by atoms with Gasteiger partial charge in [-0.15, -0.1) is 0 Å². The molecular formula is C21H24N2O6S. The van der Waals surface area contributed by atoms with Gasteiger partial charge >= 0.3 is 11.7 Å². The highest BCUT2D eigenvalue weighted by atomic mass is 32.2. The number of aromatic nitrogens is 1. The van der Waals surface area contributed by atoms with Crippen LogP contribution in [0.25, 0.3) is 11.1 Å². The molecule has 1 unspecified atom stereocenters. The number of nitrogens with one attached hydrogen (secondary N) is 1. The Labute approximate surface area is 174 Å². The Morgan fingerprint density at radius 2 is 1.87 bits per heavy atom. The fourth-order valence-electron chi connectivity index (χ4n) is 2.88. The third-order valence-corrected chi connectivity index (χ3v) is 6.31. The van der Waals surface area contributed by atoms with Crippen molar-refractivity contribution < 1.29 is 22.4 Å². The lowest BCUT2D eigenvalue weighted by molar-refractivity contribution is 0.0495. The van der Waals surface area contributed by atoms with Crippen molar-refractivity contribution in [2.45, 2.75) is 44.2 Å². The van der Waals surface area contributed by atoms with Gasteiger partial charge in [0.05, 0.1) is 22.6 Å². The third kappa shape index (κ3) is 4.98. The standard InChI is InChI=1S/C21H24N2O6S/c1-3-15(2)22-30(26,27)17-11-9-16(10-12-17)20(24)28-14-6-13-23-18-7-4-5-8-19(18)29-21(23)25/h4-5,7-12,15,22H,3,6,13-14H2,1-2H3. The molecule has 0 radical (unpaired) electrons. The monoisotopic (exact) mass is 432 g/mol. The zero-order valence-corrected chi connectivity index (χ0v) is 17.6. The van der Waals surface area contributed by atoms with E-state index in [1.54, 1.807) is 25.1 Å². The minimum absolute atomic E-state index is 0.0885. The Balaban J connectivity index is 1.55. The summed E-state index contributed by atoms with van der Waals surface area (Å²) in [4.78, 5) is 24.2. The number of esters is 1. The molecule has 8 nitrogen and oxygen atoms in total. The number of hydrogen-bond donors (Lipinski definition) is 1. The van der Waals surface area contributed by atoms with Crippen LogP contribution in [-0.4, -0.2) is 31.6 Å². The molecule has 0 fully saturated rings. The number of para-hydroxylation sites is 2. The number of hydrogen-bond acceptors (Lipinski definition) is 6. The molecule has 0 spiro atoms. The second kappa shape index (κ2) is 9.27. The summed E-state index contributed by atoms with van der Waals surface area (Å²) in [6, 6.07) is 12.5. The van der Waals surface area contributed by atoms with Gasteiger partial charge in [0.25, 0.3) is 0 Å². The van der Waals surface area contributed by atoms with Crippen LogP contribution in [0.4, 0.5) is 0 Å². The zero-order valence-electron chi connectivity index (χ0n) is 16.8. The molecule has 0 bridgehead atoms. The van der Waals surface area contributed by atoms with E-state index in [1.807, 2.05) is 13.0 Å². The van der Waals surface area contributed by atoms with Crippen molar-refractivity contribution in [2.24, 2.45) is 0 Å². The van der Waals surface area contributed by atoms with Crippen LogP contribution in [0.3, 0.4) is 0 Å². The molecule has 30 heavy (non-hydrogen) atoms. The number of fused-ring (bicyclic) bond motifs is 1. The average Bonchev–Trinajstić information content (AvgIpc) is 3.05. The van der Waals surface area contributed by atoms with E-state index in [0.717, 1.165) is 0 Å². The van der Waals surface area contributed by atoms with E-state index in [1.165, 1.54) is 28.8 Å². The number of ether oxygens (including phenoxy) is 1. The molecule has 1 aromatic heterocycles. The first-order valence-electron chi connectivity index (χ1n) is 9.69. The van der Waals surface area contributed by atoms with Crippen LogP contribution in [-0.2, 0) is 21.3 Å². The van der Waals surface area contributed by atoms with E-state index in [0.29, 0.717) is 30.5 Å². The SMILES string of the molecule is CCC(C)NS(=O)(=O)c1ccc(C(=O)OCCCn2c(=O)oc3ccccc32)cc1. The highest BCUT2D eigenvalue weighted by molar-refractivity contribution is 7.89. The normalized spacial score (nSPS) is 12.7. The quantitative estimate of drug-likeness (QED) is 0.411. The number of aryl methyl sites for hydroxylation is 1. The minimum atomic E-state index is -3.63. The molecule has 0 aliphatic rings. The molecule has 9 heteroatoms. The lowest BCUT2D eigenvalue weighted by atomic mass is 10.2. The van der Waals surface area contributed by atoms with Crippen molar-refractivity contribution >= 4 is 27.1 Å². The smallest absolute Gasteiger partial charge is 0.419 e. The summed E-state index contributed by atoms with van der Waals surface area (Å²) in [6.07, 6.45) is 1.10. The van der Waals surface area contributed by atoms with E-state index in [4.69, 9.17) is 9.15 Å². The van der Waals surface area contributed by atoms with Gasteiger partial charge in [-0.2, -0.15) is 0 Å². The van der Waals surface area contributed by atoms with E-state index in [9.17, 15) is 18.0 Å². The highest BCUT2D eigenvalue weighted by Crippen LogP contribution is 2.14. The number of carbonyl (C=O) groups excluding carboxylic acids is 1. The first kappa shape index (κ1) is 21.8. The van der Waals surface area contributed by atoms with Gasteiger partial charge in [0, 0.05) is 12.6 Å². The second-order valence-corrected chi connectivity index (χ2v) is 8.65. The van der Waals surface area contributed by atoms with Crippen LogP contribution in [0.1, 0.15) is 37.0 Å². The van der Waals surface area contributed by atoms with E-state index >= 15 is 0 Å². The summed E-state index contributed by atoms with van der Waals surface area (Å²) in [5, 5.41) is 0. The molecule has 0 aliphatic heterocycles. The Hall–Kier alpha value is -2.91. The molecule has 3 aromatic rings. The van der Waals surface area contributed by atoms with Crippen LogP contribution < -0.4 is 10.5 Å². The molecule has 160 valence electrons. The molecule has 1 N–H and O–H groups in total. The molecule has 1 heterocycles. The van der Waals surface area contributed by atoms with Crippen LogP contribution in [0, 0.1) is 0 Å². The van der Waals surface area contributed by atoms with Gasteiger partial charge in [0.2, 0.25) is 10.0 Å². The first-order valence-corrected chi connectivity index (χ1v) is 11.2. The predicted octanol–water partition coefficient (Wildman–Crippen LogP) is 2.92. The summed E-state index contributed by atoms with van der Waals surface area (Å²) >= 11 is 0. The van der Waals surface area contributed by atoms with Gasteiger partial charge in [-0.3, -0.25) is 4.57 Å². The molecule has 0 saturated heterocycles. The Morgan fingerprint density at radius 3 is 2.57 bits per heavy atom. The average molecular weight is 432 g/mol. The zero-order chi connectivity index (χ0) is 21.7. The van der Waals surface area contributed by atoms with Crippen molar-refractivity contribution in [3.63, 3.8) is 0 Å². The first-order chi connectivity index (χ1) is 14.3. The van der Waals surface area contributed by atoms with E-state index < -0.39 is 21.7 Å². The summed E-state index contributed by atoms with van der Waals surface area (Å²) < 4.78 is 39.0. The highest BCUT2D eigenvalue weighted by Gasteiger charge is 2.17. The van der Waals surface area contributed by atoms with Crippen LogP contribution in [0.15, 0.2) is 62.6 Å². The molecule has 3 rings (SSSR count). The van der Waals surface area contributed by atoms with Crippen LogP contribution in [0.2, 0.25) is 0 Å². The number of nitrogens with zero attached hydrogens (tertiary/aromatic N) is 1. The number of carbonyl (C=O) groups is 1. The summed E-state index contributed by atoms with van der Waals surface area (Å²) in [7, 11) is -3.63. The Morgan fingerprint density at radius 1 is 1.17 bits per heavy atom. The predicted molar refractivity (Wildman–Crippen MR) is 112 cm³/mol. The number of sulfonamides is 1. The fourth-order valence-corrected chi connectivity index (χ4v) is 4.21. The molecule has 0 saturated carbocycles. The molecule has 0 aliphatic carbocycles. The van der Waals surface area contributed by atoms with Gasteiger partial charge < -0.3 is 9.15 Å². The van der Waals surface area contributed by atoms with Gasteiger partial charge in [-0.05, 0) is 56.2 Å². The summed E-state index contributed by atoms with van der Waals surface area (Å²) in [6.45, 7) is 4.13. The van der Waals surface area contributed by atoms with Gasteiger partial charge in [0.15, 0.2) is 5.58 Å². The largest absolute Gasteiger partial charge is 0.462 e. The lowest BCUT2D eigenvalue weighted by Gasteiger charge is -2.12. The topological polar surface area (TPSA) is 108 Å². The van der Waals surface area contributed by atoms with Gasteiger partial charge in [0.1, 0.15) is 0 Å². The maximum Gasteiger partial charge on any atom is 0.419 e. The van der Waals surface area contributed by atoms with Crippen LogP contribution >= 0.6 is 0 Å². The third-order valence-electron chi connectivity index (χ3n) is 4.70. The molecule has 1 atom stereocenters. The minimum Gasteiger partial charge on any atom is -0.462 e. The van der Waals surface area contributed by atoms with Gasteiger partial charge in [-0.1, -0.05) is 19.1 Å². The van der Waals surface area contributed by atoms with Gasteiger partial charge in [-0.25, -0.2) is 22.7 Å². The Bertz CT molecular complexity index is 1180. The van der Waals surface area contributed by atoms with Crippen molar-refractivity contribution in [1.82, 2.24) is 9.29 Å². The summed E-state index contributed by atoms with van der Waals surface area (Å²) in [5.41, 5.74) is 1.46.